The zero-order valence-corrected chi connectivity index (χ0v) is 11.7. The summed E-state index contributed by atoms with van der Waals surface area (Å²) in [6, 6.07) is 5.95. The summed E-state index contributed by atoms with van der Waals surface area (Å²) in [6.07, 6.45) is 0. The first-order valence-corrected chi connectivity index (χ1v) is 6.98. The number of carbonyl (C=O) groups is 1. The van der Waals surface area contributed by atoms with Crippen LogP contribution in [0.2, 0.25) is 0 Å². The second kappa shape index (κ2) is 4.37. The molecule has 1 rings (SSSR count). The van der Waals surface area contributed by atoms with Crippen LogP contribution in [0.25, 0.3) is 0 Å². The van der Waals surface area contributed by atoms with Gasteiger partial charge in [-0.2, -0.15) is 0 Å². The molecule has 0 unspecified atom stereocenters. The van der Waals surface area contributed by atoms with E-state index >= 15 is 0 Å². The van der Waals surface area contributed by atoms with Crippen LogP contribution in [0.1, 0.15) is 17.3 Å². The fourth-order valence-corrected chi connectivity index (χ4v) is 2.76. The molecule has 0 aromatic heterocycles. The van der Waals surface area contributed by atoms with E-state index < -0.39 is 13.3 Å². The van der Waals surface area contributed by atoms with E-state index in [4.69, 9.17) is 0 Å². The Morgan fingerprint density at radius 3 is 2.00 bits per heavy atom. The van der Waals surface area contributed by atoms with Gasteiger partial charge in [-0.15, -0.1) is 0 Å². The molecule has 0 N–H and O–H groups in total. The van der Waals surface area contributed by atoms with Crippen LogP contribution in [-0.2, 0) is 9.84 Å². The molecule has 0 amide bonds. The quantitative estimate of drug-likeness (QED) is 0.446. The van der Waals surface area contributed by atoms with Gasteiger partial charge in [0.15, 0.2) is 15.6 Å². The Morgan fingerprint density at radius 1 is 1.25 bits per heavy atom. The van der Waals surface area contributed by atoms with Gasteiger partial charge >= 0.3 is 0 Å². The predicted octanol–water partition coefficient (Wildman–Crippen LogP) is -0.0647. The lowest BCUT2D eigenvalue weighted by atomic mass is 9.86. The first-order chi connectivity index (χ1) is 7.16. The van der Waals surface area contributed by atoms with Crippen molar-refractivity contribution in [2.45, 2.75) is 15.3 Å². The van der Waals surface area contributed by atoms with E-state index in [1.807, 2.05) is 0 Å². The highest BCUT2D eigenvalue weighted by molar-refractivity contribution is 9.12. The second-order valence-electron chi connectivity index (χ2n) is 3.95. The number of ketones is 1. The minimum absolute atomic E-state index is 0.0814. The summed E-state index contributed by atoms with van der Waals surface area (Å²) in [5.74, 6) is -0.0814. The molecule has 1 aromatic carbocycles. The predicted molar refractivity (Wildman–Crippen MR) is 72.4 cm³/mol. The van der Waals surface area contributed by atoms with Gasteiger partial charge in [0, 0.05) is 5.56 Å². The molecule has 0 aliphatic heterocycles. The Kier molecular flexibility index (Phi) is 3.69. The van der Waals surface area contributed by atoms with Crippen LogP contribution in [0, 0.1) is 0 Å². The molecule has 0 bridgehead atoms. The van der Waals surface area contributed by atoms with Crippen molar-refractivity contribution in [3.63, 3.8) is 0 Å². The Morgan fingerprint density at radius 2 is 1.69 bits per heavy atom. The molecule has 84 valence electrons. The van der Waals surface area contributed by atoms with Gasteiger partial charge in [-0.3, -0.25) is 4.79 Å². The van der Waals surface area contributed by atoms with Gasteiger partial charge in [0.25, 0.3) is 0 Å². The molecule has 0 radical (unpaired) electrons. The summed E-state index contributed by atoms with van der Waals surface area (Å²) in [7, 11) is -0.272. The minimum atomic E-state index is -3.41. The van der Waals surface area contributed by atoms with Crippen molar-refractivity contribution in [3.8, 4) is 0 Å². The molecule has 0 spiro atoms. The average Bonchev–Trinajstić information content (AvgIpc) is 2.16. The van der Waals surface area contributed by atoms with Crippen molar-refractivity contribution in [3.05, 3.63) is 29.8 Å². The summed E-state index contributed by atoms with van der Waals surface area (Å²) in [5, 5.41) is 0. The van der Waals surface area contributed by atoms with Crippen LogP contribution in [0.5, 0.6) is 0 Å². The highest BCUT2D eigenvalue weighted by Crippen LogP contribution is 2.25. The number of hydrogen-bond donors (Lipinski definition) is 0. The third kappa shape index (κ3) is 2.58. The average molecular weight is 301 g/mol. The van der Waals surface area contributed by atoms with E-state index in [9.17, 15) is 13.2 Å². The van der Waals surface area contributed by atoms with Gasteiger partial charge in [-0.25, -0.2) is 8.42 Å². The monoisotopic (exact) mass is 300 g/mol. The molecule has 0 fully saturated rings. The molecule has 0 aliphatic carbocycles. The second-order valence-corrected chi connectivity index (χ2v) is 8.95. The molecule has 0 heterocycles. The Hall–Kier alpha value is -0.550. The number of hydrogen-bond acceptors (Lipinski definition) is 3. The van der Waals surface area contributed by atoms with Crippen LogP contribution in [0.4, 0.5) is 0 Å². The van der Waals surface area contributed by atoms with Gasteiger partial charge in [0.1, 0.15) is 15.7 Å². The molecule has 1 aromatic rings. The molecule has 0 saturated heterocycles. The number of carbonyl (C=O) groups excluding carboxylic acids is 1. The van der Waals surface area contributed by atoms with Crippen molar-refractivity contribution >= 4 is 47.2 Å². The van der Waals surface area contributed by atoms with Gasteiger partial charge in [-0.1, -0.05) is 28.1 Å². The summed E-state index contributed by atoms with van der Waals surface area (Å²) < 4.78 is 23.0. The maximum absolute atomic E-state index is 12.0. The van der Waals surface area contributed by atoms with E-state index in [2.05, 4.69) is 15.9 Å². The van der Waals surface area contributed by atoms with Crippen molar-refractivity contribution in [1.29, 1.82) is 0 Å². The van der Waals surface area contributed by atoms with Gasteiger partial charge in [0.05, 0.1) is 8.35 Å². The maximum atomic E-state index is 12.0. The molecule has 0 saturated carbocycles. The number of benzene rings is 1. The number of rotatable bonds is 3. The third-order valence-corrected chi connectivity index (χ3v) is 5.66. The topological polar surface area (TPSA) is 51.2 Å². The van der Waals surface area contributed by atoms with Gasteiger partial charge < -0.3 is 0 Å². The normalized spacial score (nSPS) is 12.4. The Bertz CT molecular complexity index is 503. The van der Waals surface area contributed by atoms with Crippen LogP contribution >= 0.6 is 15.9 Å². The molecular weight excluding hydrogens is 290 g/mol. The van der Waals surface area contributed by atoms with Crippen LogP contribution < -0.4 is 0 Å². The maximum Gasteiger partial charge on any atom is 0.178 e. The van der Waals surface area contributed by atoms with Crippen LogP contribution in [-0.4, -0.2) is 33.3 Å². The van der Waals surface area contributed by atoms with Crippen LogP contribution in [0.3, 0.4) is 0 Å². The third-order valence-electron chi connectivity index (χ3n) is 2.21. The number of halogens is 1. The highest BCUT2D eigenvalue weighted by Gasteiger charge is 2.32. The number of sulfone groups is 1. The fourth-order valence-electron chi connectivity index (χ4n) is 1.15. The van der Waals surface area contributed by atoms with E-state index in [0.717, 1.165) is 0 Å². The van der Waals surface area contributed by atoms with E-state index in [1.54, 1.807) is 15.7 Å². The summed E-state index contributed by atoms with van der Waals surface area (Å²) in [4.78, 5) is 11.3. The number of Topliss-reactive ketones (excluding diaryl/α,β-unsaturated/α-hetero) is 1. The van der Waals surface area contributed by atoms with E-state index in [-0.39, 0.29) is 10.7 Å². The molecule has 0 aliphatic rings. The lowest BCUT2D eigenvalue weighted by molar-refractivity contribution is 0.101. The standard InChI is InChI=1S/C9H11B2BrO3S/c1-6(13)7-2-4-8(5-3-7)16(14,15)9(10,11)12/h2-5H,10-11H2,1H3. The highest BCUT2D eigenvalue weighted by atomic mass is 79.9. The zero-order valence-electron chi connectivity index (χ0n) is 9.32. The lowest BCUT2D eigenvalue weighted by Crippen LogP contribution is -2.32. The first-order valence-electron chi connectivity index (χ1n) is 4.71. The number of alkyl halides is 1. The summed E-state index contributed by atoms with van der Waals surface area (Å²) in [5.41, 5.74) is 0.506. The van der Waals surface area contributed by atoms with E-state index in [0.29, 0.717) is 5.56 Å². The van der Waals surface area contributed by atoms with Crippen molar-refractivity contribution < 1.29 is 13.2 Å². The first kappa shape index (κ1) is 13.5. The largest absolute Gasteiger partial charge is 0.295 e. The zero-order chi connectivity index (χ0) is 12.6. The minimum Gasteiger partial charge on any atom is -0.295 e. The molecular formula is C9H11B2BrO3S. The molecule has 7 heteroatoms. The van der Waals surface area contributed by atoms with Crippen molar-refractivity contribution in [2.75, 3.05) is 0 Å². The molecule has 3 nitrogen and oxygen atoms in total. The smallest absolute Gasteiger partial charge is 0.178 e. The Balaban J connectivity index is 3.23. The van der Waals surface area contributed by atoms with Gasteiger partial charge in [0.2, 0.25) is 0 Å². The van der Waals surface area contributed by atoms with E-state index in [1.165, 1.54) is 31.2 Å². The lowest BCUT2D eigenvalue weighted by Gasteiger charge is -2.17. The Labute approximate surface area is 105 Å². The molecule has 16 heavy (non-hydrogen) atoms. The molecule has 0 atom stereocenters. The SMILES string of the molecule is BC(B)(Br)S(=O)(=O)c1ccc(C(C)=O)cc1. The summed E-state index contributed by atoms with van der Waals surface area (Å²) in [6.45, 7) is 1.44. The van der Waals surface area contributed by atoms with Crippen LogP contribution in [0.15, 0.2) is 29.2 Å². The van der Waals surface area contributed by atoms with Crippen molar-refractivity contribution in [2.24, 2.45) is 0 Å². The fraction of sp³-hybridized carbons (Fsp3) is 0.222. The van der Waals surface area contributed by atoms with Crippen molar-refractivity contribution in [1.82, 2.24) is 0 Å². The van der Waals surface area contributed by atoms with Gasteiger partial charge in [-0.05, 0) is 19.1 Å². The summed E-state index contributed by atoms with van der Waals surface area (Å²) >= 11 is 3.13.